The molecule has 8 heteroatoms. The molecule has 0 atom stereocenters. The Hall–Kier alpha value is -3.57. The minimum absolute atomic E-state index is 0.118. The molecular formula is C21H23N3O5. The van der Waals surface area contributed by atoms with Crippen molar-refractivity contribution in [3.05, 3.63) is 58.7 Å². The Bertz CT molecular complexity index is 921. The first kappa shape index (κ1) is 21.7. The van der Waals surface area contributed by atoms with Crippen LogP contribution in [0.15, 0.2) is 36.4 Å². The number of nitriles is 1. The second-order valence-corrected chi connectivity index (χ2v) is 6.19. The Morgan fingerprint density at radius 2 is 1.97 bits per heavy atom. The largest absolute Gasteiger partial charge is 0.491 e. The molecule has 0 aliphatic rings. The third kappa shape index (κ3) is 6.52. The van der Waals surface area contributed by atoms with Crippen LogP contribution in [-0.2, 0) is 11.3 Å². The van der Waals surface area contributed by atoms with Crippen LogP contribution in [0.4, 0.5) is 0 Å². The van der Waals surface area contributed by atoms with E-state index < -0.39 is 0 Å². The van der Waals surface area contributed by atoms with E-state index >= 15 is 0 Å². The molecule has 0 aromatic heterocycles. The average Bonchev–Trinajstić information content (AvgIpc) is 2.73. The maximum atomic E-state index is 12.6. The normalized spacial score (nSPS) is 10.0. The molecule has 8 nitrogen and oxygen atoms in total. The number of carbonyl (C=O) groups is 2. The van der Waals surface area contributed by atoms with Crippen molar-refractivity contribution in [1.29, 1.82) is 5.26 Å². The first-order valence-corrected chi connectivity index (χ1v) is 8.96. The Labute approximate surface area is 169 Å². The molecule has 29 heavy (non-hydrogen) atoms. The first-order valence-electron chi connectivity index (χ1n) is 8.96. The van der Waals surface area contributed by atoms with Crippen molar-refractivity contribution in [1.82, 2.24) is 10.6 Å². The molecule has 2 amide bonds. The van der Waals surface area contributed by atoms with E-state index in [0.29, 0.717) is 28.2 Å². The standard InChI is InChI=1S/C21H23N3O5/c1-14-7-17(10-18(8-14)28-6-5-25)21(27)24-12-16-4-3-15(11-22)9-19(16)29-13-20(26)23-2/h3-4,7-10,25H,5-6,12-13H2,1-2H3,(H,23,26)(H,24,27). The van der Waals surface area contributed by atoms with Crippen LogP contribution in [0.1, 0.15) is 27.0 Å². The summed E-state index contributed by atoms with van der Waals surface area (Å²) in [5, 5.41) is 23.2. The van der Waals surface area contributed by atoms with Gasteiger partial charge >= 0.3 is 0 Å². The highest BCUT2D eigenvalue weighted by Crippen LogP contribution is 2.21. The minimum atomic E-state index is -0.316. The van der Waals surface area contributed by atoms with Crippen LogP contribution < -0.4 is 20.1 Å². The quantitative estimate of drug-likeness (QED) is 0.586. The summed E-state index contributed by atoms with van der Waals surface area (Å²) in [5.41, 5.74) is 2.28. The highest BCUT2D eigenvalue weighted by atomic mass is 16.5. The lowest BCUT2D eigenvalue weighted by atomic mass is 10.1. The van der Waals surface area contributed by atoms with Crippen molar-refractivity contribution in [3.8, 4) is 17.6 Å². The van der Waals surface area contributed by atoms with Gasteiger partial charge in [0.05, 0.1) is 18.2 Å². The monoisotopic (exact) mass is 397 g/mol. The summed E-state index contributed by atoms with van der Waals surface area (Å²) < 4.78 is 10.9. The van der Waals surface area contributed by atoms with Crippen LogP contribution in [0.2, 0.25) is 0 Å². The van der Waals surface area contributed by atoms with Gasteiger partial charge in [-0.3, -0.25) is 9.59 Å². The van der Waals surface area contributed by atoms with Gasteiger partial charge in [0.25, 0.3) is 11.8 Å². The van der Waals surface area contributed by atoms with Crippen molar-refractivity contribution in [2.75, 3.05) is 26.9 Å². The van der Waals surface area contributed by atoms with E-state index in [1.165, 1.54) is 13.1 Å². The molecule has 0 heterocycles. The number of nitrogens with one attached hydrogen (secondary N) is 2. The summed E-state index contributed by atoms with van der Waals surface area (Å²) in [4.78, 5) is 24.0. The Kier molecular flexibility index (Phi) is 8.00. The summed E-state index contributed by atoms with van der Waals surface area (Å²) in [6.07, 6.45) is 0. The Morgan fingerprint density at radius 3 is 2.66 bits per heavy atom. The number of amides is 2. The third-order valence-electron chi connectivity index (χ3n) is 3.95. The second-order valence-electron chi connectivity index (χ2n) is 6.19. The van der Waals surface area contributed by atoms with Gasteiger partial charge in [-0.2, -0.15) is 5.26 Å². The fraction of sp³-hybridized carbons (Fsp3) is 0.286. The van der Waals surface area contributed by atoms with E-state index in [2.05, 4.69) is 10.6 Å². The fourth-order valence-electron chi connectivity index (χ4n) is 2.52. The van der Waals surface area contributed by atoms with Crippen LogP contribution in [-0.4, -0.2) is 43.8 Å². The molecule has 2 aromatic rings. The van der Waals surface area contributed by atoms with E-state index in [-0.39, 0.29) is 38.2 Å². The predicted octanol–water partition coefficient (Wildman–Crippen LogP) is 1.29. The highest BCUT2D eigenvalue weighted by molar-refractivity contribution is 5.94. The van der Waals surface area contributed by atoms with Gasteiger partial charge in [0.1, 0.15) is 18.1 Å². The number of aryl methyl sites for hydroxylation is 1. The lowest BCUT2D eigenvalue weighted by Crippen LogP contribution is -2.26. The van der Waals surface area contributed by atoms with Gasteiger partial charge in [-0.15, -0.1) is 0 Å². The highest BCUT2D eigenvalue weighted by Gasteiger charge is 2.12. The van der Waals surface area contributed by atoms with Crippen LogP contribution in [0.5, 0.6) is 11.5 Å². The topological polar surface area (TPSA) is 121 Å². The molecular weight excluding hydrogens is 374 g/mol. The van der Waals surface area contributed by atoms with E-state index in [0.717, 1.165) is 5.56 Å². The van der Waals surface area contributed by atoms with Gasteiger partial charge in [0, 0.05) is 24.7 Å². The zero-order chi connectivity index (χ0) is 21.2. The van der Waals surface area contributed by atoms with Gasteiger partial charge in [-0.1, -0.05) is 6.07 Å². The molecule has 2 rings (SSSR count). The summed E-state index contributed by atoms with van der Waals surface area (Å²) in [6.45, 7) is 1.81. The molecule has 0 radical (unpaired) electrons. The lowest BCUT2D eigenvalue weighted by Gasteiger charge is -2.13. The summed E-state index contributed by atoms with van der Waals surface area (Å²) in [5.74, 6) is 0.225. The third-order valence-corrected chi connectivity index (χ3v) is 3.95. The van der Waals surface area contributed by atoms with Crippen molar-refractivity contribution >= 4 is 11.8 Å². The van der Waals surface area contributed by atoms with Gasteiger partial charge in [-0.25, -0.2) is 0 Å². The summed E-state index contributed by atoms with van der Waals surface area (Å²) in [6, 6.07) is 11.9. The molecule has 0 bridgehead atoms. The molecule has 0 unspecified atom stereocenters. The maximum Gasteiger partial charge on any atom is 0.257 e. The molecule has 0 spiro atoms. The molecule has 2 aromatic carbocycles. The number of nitrogens with zero attached hydrogens (tertiary/aromatic N) is 1. The fourth-order valence-corrected chi connectivity index (χ4v) is 2.52. The number of hydrogen-bond donors (Lipinski definition) is 3. The smallest absolute Gasteiger partial charge is 0.257 e. The van der Waals surface area contributed by atoms with Crippen molar-refractivity contribution in [3.63, 3.8) is 0 Å². The number of benzene rings is 2. The van der Waals surface area contributed by atoms with Crippen LogP contribution in [0.3, 0.4) is 0 Å². The molecule has 152 valence electrons. The van der Waals surface area contributed by atoms with Gasteiger partial charge in [-0.05, 0) is 42.8 Å². The number of likely N-dealkylation sites (N-methyl/N-ethyl adjacent to an activating group) is 1. The molecule has 3 N–H and O–H groups in total. The number of rotatable bonds is 9. The van der Waals surface area contributed by atoms with E-state index in [1.807, 2.05) is 13.0 Å². The van der Waals surface area contributed by atoms with Gasteiger partial charge in [0.15, 0.2) is 6.61 Å². The Morgan fingerprint density at radius 1 is 1.17 bits per heavy atom. The number of ether oxygens (including phenoxy) is 2. The van der Waals surface area contributed by atoms with Crippen molar-refractivity contribution in [2.24, 2.45) is 0 Å². The van der Waals surface area contributed by atoms with E-state index in [9.17, 15) is 9.59 Å². The van der Waals surface area contributed by atoms with Gasteiger partial charge in [0.2, 0.25) is 0 Å². The minimum Gasteiger partial charge on any atom is -0.491 e. The second kappa shape index (κ2) is 10.7. The average molecular weight is 397 g/mol. The summed E-state index contributed by atoms with van der Waals surface area (Å²) >= 11 is 0. The Balaban J connectivity index is 2.12. The zero-order valence-electron chi connectivity index (χ0n) is 16.3. The molecule has 0 saturated heterocycles. The zero-order valence-corrected chi connectivity index (χ0v) is 16.3. The van der Waals surface area contributed by atoms with Crippen LogP contribution in [0.25, 0.3) is 0 Å². The number of hydrogen-bond acceptors (Lipinski definition) is 6. The molecule has 0 saturated carbocycles. The maximum absolute atomic E-state index is 12.6. The van der Waals surface area contributed by atoms with Crippen LogP contribution in [0, 0.1) is 18.3 Å². The van der Waals surface area contributed by atoms with Crippen molar-refractivity contribution in [2.45, 2.75) is 13.5 Å². The molecule has 0 fully saturated rings. The number of aliphatic hydroxyl groups excluding tert-OH is 1. The number of carbonyl (C=O) groups excluding carboxylic acids is 2. The predicted molar refractivity (Wildman–Crippen MR) is 106 cm³/mol. The van der Waals surface area contributed by atoms with E-state index in [4.69, 9.17) is 19.8 Å². The molecule has 0 aliphatic heterocycles. The van der Waals surface area contributed by atoms with E-state index in [1.54, 1.807) is 30.3 Å². The lowest BCUT2D eigenvalue weighted by molar-refractivity contribution is -0.122. The molecule has 0 aliphatic carbocycles. The number of aliphatic hydroxyl groups is 1. The van der Waals surface area contributed by atoms with Crippen molar-refractivity contribution < 1.29 is 24.2 Å². The first-order chi connectivity index (χ1) is 14.0. The van der Waals surface area contributed by atoms with Gasteiger partial charge < -0.3 is 25.2 Å². The van der Waals surface area contributed by atoms with Crippen LogP contribution >= 0.6 is 0 Å². The SMILES string of the molecule is CNC(=O)COc1cc(C#N)ccc1CNC(=O)c1cc(C)cc(OCCO)c1. The summed E-state index contributed by atoms with van der Waals surface area (Å²) in [7, 11) is 1.50.